The molecule has 0 aliphatic rings. The first kappa shape index (κ1) is 13.8. The third-order valence-electron chi connectivity index (χ3n) is 2.45. The largest absolute Gasteiger partial charge is 0.348 e. The lowest BCUT2D eigenvalue weighted by Gasteiger charge is -2.11. The molecule has 1 aromatic carbocycles. The number of aryl methyl sites for hydroxylation is 2. The maximum atomic E-state index is 13.2. The molecule has 1 atom stereocenters. The molecule has 17 heavy (non-hydrogen) atoms. The quantitative estimate of drug-likeness (QED) is 0.825. The Labute approximate surface area is 103 Å². The number of halogens is 1. The van der Waals surface area contributed by atoms with E-state index in [4.69, 9.17) is 0 Å². The molecule has 1 unspecified atom stereocenters. The molecule has 1 amide bonds. The van der Waals surface area contributed by atoms with Crippen LogP contribution in [0.1, 0.15) is 11.1 Å². The van der Waals surface area contributed by atoms with Crippen LogP contribution in [0.5, 0.6) is 0 Å². The Balaban J connectivity index is 2.97. The molecule has 3 nitrogen and oxygen atoms in total. The monoisotopic (exact) mass is 257 g/mol. The summed E-state index contributed by atoms with van der Waals surface area (Å²) in [7, 11) is 1.80. The Morgan fingerprint density at radius 2 is 1.88 bits per heavy atom. The summed E-state index contributed by atoms with van der Waals surface area (Å²) in [6, 6.07) is 2.90. The number of hydrogen-bond acceptors (Lipinski definition) is 2. The number of hydrogen-bond donors (Lipinski definition) is 0. The van der Waals surface area contributed by atoms with Crippen molar-refractivity contribution in [1.29, 1.82) is 0 Å². The van der Waals surface area contributed by atoms with Crippen LogP contribution in [0.15, 0.2) is 17.0 Å². The highest BCUT2D eigenvalue weighted by Gasteiger charge is 2.15. The molecule has 0 bridgehead atoms. The second kappa shape index (κ2) is 5.40. The van der Waals surface area contributed by atoms with Crippen LogP contribution in [0.3, 0.4) is 0 Å². The predicted molar refractivity (Wildman–Crippen MR) is 65.8 cm³/mol. The Hall–Kier alpha value is -1.23. The van der Waals surface area contributed by atoms with Crippen molar-refractivity contribution in [2.24, 2.45) is 0 Å². The van der Waals surface area contributed by atoms with Gasteiger partial charge in [0.1, 0.15) is 11.6 Å². The fourth-order valence-corrected chi connectivity index (χ4v) is 2.68. The van der Waals surface area contributed by atoms with Crippen molar-refractivity contribution in [1.82, 2.24) is 4.90 Å². The van der Waals surface area contributed by atoms with Gasteiger partial charge in [-0.1, -0.05) is 0 Å². The zero-order valence-electron chi connectivity index (χ0n) is 10.4. The number of amides is 1. The molecular formula is C12H16FNO2S. The van der Waals surface area contributed by atoms with Crippen molar-refractivity contribution in [2.75, 3.05) is 19.8 Å². The van der Waals surface area contributed by atoms with Crippen LogP contribution in [0, 0.1) is 19.7 Å². The molecule has 0 fully saturated rings. The van der Waals surface area contributed by atoms with Gasteiger partial charge in [0.05, 0.1) is 10.8 Å². The van der Waals surface area contributed by atoms with Gasteiger partial charge in [0, 0.05) is 19.0 Å². The van der Waals surface area contributed by atoms with Crippen LogP contribution < -0.4 is 0 Å². The highest BCUT2D eigenvalue weighted by Crippen LogP contribution is 2.18. The number of nitrogens with zero attached hydrogens (tertiary/aromatic N) is 1. The molecule has 0 heterocycles. The van der Waals surface area contributed by atoms with E-state index < -0.39 is 10.8 Å². The van der Waals surface area contributed by atoms with E-state index in [0.29, 0.717) is 16.0 Å². The van der Waals surface area contributed by atoms with Gasteiger partial charge in [0.15, 0.2) is 0 Å². The average molecular weight is 257 g/mol. The van der Waals surface area contributed by atoms with Gasteiger partial charge in [-0.3, -0.25) is 9.00 Å². The van der Waals surface area contributed by atoms with E-state index in [1.165, 1.54) is 11.0 Å². The summed E-state index contributed by atoms with van der Waals surface area (Å²) in [5, 5.41) is 0. The van der Waals surface area contributed by atoms with Crippen molar-refractivity contribution < 1.29 is 13.4 Å². The third-order valence-corrected chi connectivity index (χ3v) is 3.89. The molecule has 0 aliphatic heterocycles. The van der Waals surface area contributed by atoms with Gasteiger partial charge in [-0.2, -0.15) is 0 Å². The van der Waals surface area contributed by atoms with E-state index in [-0.39, 0.29) is 17.5 Å². The molecule has 0 saturated carbocycles. The van der Waals surface area contributed by atoms with Gasteiger partial charge in [0.25, 0.3) is 0 Å². The predicted octanol–water partition coefficient (Wildman–Crippen LogP) is 1.64. The van der Waals surface area contributed by atoms with Gasteiger partial charge in [-0.05, 0) is 37.1 Å². The molecule has 0 saturated heterocycles. The van der Waals surface area contributed by atoms with E-state index in [1.807, 2.05) is 0 Å². The number of benzene rings is 1. The van der Waals surface area contributed by atoms with Gasteiger partial charge in [0.2, 0.25) is 5.91 Å². The fraction of sp³-hybridized carbons (Fsp3) is 0.417. The second-order valence-corrected chi connectivity index (χ2v) is 5.56. The molecule has 94 valence electrons. The minimum atomic E-state index is -1.42. The van der Waals surface area contributed by atoms with E-state index in [1.54, 1.807) is 34.0 Å². The first-order valence-corrected chi connectivity index (χ1v) is 6.50. The average Bonchev–Trinajstić information content (AvgIpc) is 2.22. The first-order chi connectivity index (χ1) is 7.82. The molecule has 0 N–H and O–H groups in total. The Kier molecular flexibility index (Phi) is 4.40. The summed E-state index contributed by atoms with van der Waals surface area (Å²) in [5.74, 6) is -0.592. The molecule has 1 rings (SSSR count). The molecule has 0 radical (unpaired) electrons. The Morgan fingerprint density at radius 1 is 1.29 bits per heavy atom. The summed E-state index contributed by atoms with van der Waals surface area (Å²) in [4.78, 5) is 13.4. The van der Waals surface area contributed by atoms with Crippen LogP contribution in [0.2, 0.25) is 0 Å². The lowest BCUT2D eigenvalue weighted by molar-refractivity contribution is -0.125. The van der Waals surface area contributed by atoms with E-state index in [9.17, 15) is 13.4 Å². The number of rotatable bonds is 3. The highest BCUT2D eigenvalue weighted by molar-refractivity contribution is 7.85. The highest BCUT2D eigenvalue weighted by atomic mass is 32.2. The van der Waals surface area contributed by atoms with Gasteiger partial charge >= 0.3 is 0 Å². The van der Waals surface area contributed by atoms with E-state index in [0.717, 1.165) is 0 Å². The van der Waals surface area contributed by atoms with E-state index in [2.05, 4.69) is 0 Å². The van der Waals surface area contributed by atoms with Crippen molar-refractivity contribution >= 4 is 16.7 Å². The summed E-state index contributed by atoms with van der Waals surface area (Å²) in [6.07, 6.45) is 0. The Bertz CT molecular complexity index is 472. The fourth-order valence-electron chi connectivity index (χ4n) is 1.32. The molecule has 5 heteroatoms. The Morgan fingerprint density at radius 3 is 2.41 bits per heavy atom. The maximum Gasteiger partial charge on any atom is 0.235 e. The smallest absolute Gasteiger partial charge is 0.235 e. The standard InChI is InChI=1S/C12H16FNO2S/c1-8-6-11(9(2)5-10(8)13)17(16)7-12(15)14(3)4/h5-6H,7H2,1-4H3. The lowest BCUT2D eigenvalue weighted by atomic mass is 10.1. The van der Waals surface area contributed by atoms with Crippen molar-refractivity contribution in [3.8, 4) is 0 Å². The number of carbonyl (C=O) groups is 1. The molecular weight excluding hydrogens is 241 g/mol. The number of carbonyl (C=O) groups excluding carboxylic acids is 1. The van der Waals surface area contributed by atoms with E-state index >= 15 is 0 Å². The normalized spacial score (nSPS) is 12.3. The van der Waals surface area contributed by atoms with Crippen LogP contribution in [0.25, 0.3) is 0 Å². The van der Waals surface area contributed by atoms with Crippen LogP contribution in [-0.2, 0) is 15.6 Å². The summed E-state index contributed by atoms with van der Waals surface area (Å²) in [5.41, 5.74) is 1.05. The zero-order chi connectivity index (χ0) is 13.2. The van der Waals surface area contributed by atoms with Crippen LogP contribution in [-0.4, -0.2) is 34.9 Å². The third kappa shape index (κ3) is 3.36. The summed E-state index contributed by atoms with van der Waals surface area (Å²) < 4.78 is 25.2. The van der Waals surface area contributed by atoms with Crippen molar-refractivity contribution in [2.45, 2.75) is 18.7 Å². The lowest BCUT2D eigenvalue weighted by Crippen LogP contribution is -2.27. The molecule has 1 aromatic rings. The van der Waals surface area contributed by atoms with Crippen LogP contribution >= 0.6 is 0 Å². The SMILES string of the molecule is Cc1cc(S(=O)CC(=O)N(C)C)c(C)cc1F. The summed E-state index contributed by atoms with van der Waals surface area (Å²) in [6.45, 7) is 3.30. The molecule has 0 spiro atoms. The van der Waals surface area contributed by atoms with Crippen molar-refractivity contribution in [3.63, 3.8) is 0 Å². The maximum absolute atomic E-state index is 13.2. The minimum absolute atomic E-state index is 0.0705. The zero-order valence-corrected chi connectivity index (χ0v) is 11.2. The molecule has 0 aliphatic carbocycles. The van der Waals surface area contributed by atoms with Gasteiger partial charge in [-0.15, -0.1) is 0 Å². The topological polar surface area (TPSA) is 37.4 Å². The first-order valence-electron chi connectivity index (χ1n) is 5.18. The second-order valence-electron chi connectivity index (χ2n) is 4.14. The minimum Gasteiger partial charge on any atom is -0.348 e. The van der Waals surface area contributed by atoms with Gasteiger partial charge in [-0.25, -0.2) is 4.39 Å². The van der Waals surface area contributed by atoms with Crippen LogP contribution in [0.4, 0.5) is 4.39 Å². The summed E-state index contributed by atoms with van der Waals surface area (Å²) >= 11 is 0. The molecule has 0 aromatic heterocycles. The van der Waals surface area contributed by atoms with Crippen molar-refractivity contribution in [3.05, 3.63) is 29.1 Å². The van der Waals surface area contributed by atoms with Gasteiger partial charge < -0.3 is 4.90 Å².